The number of nitrogens with two attached hydrogens (primary N) is 1. The first-order valence-electron chi connectivity index (χ1n) is 8.81. The third kappa shape index (κ3) is 3.61. The van der Waals surface area contributed by atoms with Gasteiger partial charge in [-0.2, -0.15) is 0 Å². The average molecular weight is 330 g/mol. The van der Waals surface area contributed by atoms with Gasteiger partial charge in [0, 0.05) is 25.0 Å². The summed E-state index contributed by atoms with van der Waals surface area (Å²) >= 11 is 0. The minimum absolute atomic E-state index is 0.0486. The summed E-state index contributed by atoms with van der Waals surface area (Å²) in [4.78, 5) is 26.0. The van der Waals surface area contributed by atoms with Crippen molar-refractivity contribution < 1.29 is 14.7 Å². The molecule has 3 N–H and O–H groups in total. The van der Waals surface area contributed by atoms with Crippen molar-refractivity contribution in [3.8, 4) is 0 Å². The highest BCUT2D eigenvalue weighted by atomic mass is 16.4. The second-order valence-electron chi connectivity index (χ2n) is 7.38. The first kappa shape index (κ1) is 17.0. The van der Waals surface area contributed by atoms with E-state index in [0.29, 0.717) is 25.4 Å². The minimum Gasteiger partial charge on any atom is -0.481 e. The molecule has 1 aromatic carbocycles. The Morgan fingerprint density at radius 2 is 2.04 bits per heavy atom. The fourth-order valence-corrected chi connectivity index (χ4v) is 4.18. The maximum atomic E-state index is 12.6. The van der Waals surface area contributed by atoms with Gasteiger partial charge >= 0.3 is 5.97 Å². The highest BCUT2D eigenvalue weighted by Crippen LogP contribution is 2.38. The van der Waals surface area contributed by atoms with Crippen LogP contribution in [0.25, 0.3) is 0 Å². The van der Waals surface area contributed by atoms with Gasteiger partial charge in [0.25, 0.3) is 0 Å². The van der Waals surface area contributed by atoms with Gasteiger partial charge in [-0.05, 0) is 30.7 Å². The van der Waals surface area contributed by atoms with Crippen LogP contribution in [0, 0.1) is 11.8 Å². The predicted octanol–water partition coefficient (Wildman–Crippen LogP) is 2.05. The van der Waals surface area contributed by atoms with Gasteiger partial charge in [0.05, 0.1) is 5.92 Å². The van der Waals surface area contributed by atoms with Gasteiger partial charge in [-0.1, -0.05) is 43.2 Å². The average Bonchev–Trinajstić information content (AvgIpc) is 2.92. The molecule has 5 nitrogen and oxygen atoms in total. The molecule has 0 aromatic heterocycles. The fourth-order valence-electron chi connectivity index (χ4n) is 4.18. The van der Waals surface area contributed by atoms with Crippen LogP contribution in [0.15, 0.2) is 30.3 Å². The van der Waals surface area contributed by atoms with Crippen molar-refractivity contribution in [2.45, 2.75) is 44.1 Å². The van der Waals surface area contributed by atoms with Crippen LogP contribution in [-0.2, 0) is 16.0 Å². The van der Waals surface area contributed by atoms with Crippen LogP contribution >= 0.6 is 0 Å². The van der Waals surface area contributed by atoms with E-state index in [-0.39, 0.29) is 17.9 Å². The zero-order valence-electron chi connectivity index (χ0n) is 14.0. The smallest absolute Gasteiger partial charge is 0.307 e. The van der Waals surface area contributed by atoms with Crippen LogP contribution < -0.4 is 5.73 Å². The van der Waals surface area contributed by atoms with Crippen molar-refractivity contribution in [2.24, 2.45) is 17.6 Å². The van der Waals surface area contributed by atoms with E-state index in [1.54, 1.807) is 4.90 Å². The Labute approximate surface area is 142 Å². The number of carbonyl (C=O) groups excluding carboxylic acids is 1. The number of carboxylic acid groups (broad SMARTS) is 1. The van der Waals surface area contributed by atoms with Crippen LogP contribution in [0.4, 0.5) is 0 Å². The van der Waals surface area contributed by atoms with E-state index in [2.05, 4.69) is 0 Å². The standard InChI is InChI=1S/C19H26N2O3/c20-19-9-5-4-8-16(19)12-21(13-19)17(22)11-15(18(23)24)10-14-6-2-1-3-7-14/h1-3,6-7,15-16H,4-5,8-13,20H2,(H,23,24)/t15-,16-,19-/m0/s1. The molecular formula is C19H26N2O3. The molecule has 0 radical (unpaired) electrons. The van der Waals surface area contributed by atoms with Crippen LogP contribution in [0.5, 0.6) is 0 Å². The lowest BCUT2D eigenvalue weighted by Crippen LogP contribution is -2.49. The molecule has 3 rings (SSSR count). The number of hydrogen-bond donors (Lipinski definition) is 2. The van der Waals surface area contributed by atoms with Gasteiger partial charge in [-0.3, -0.25) is 9.59 Å². The summed E-state index contributed by atoms with van der Waals surface area (Å²) in [5, 5.41) is 9.49. The number of nitrogens with zero attached hydrogens (tertiary/aromatic N) is 1. The lowest BCUT2D eigenvalue weighted by Gasteiger charge is -2.34. The zero-order chi connectivity index (χ0) is 17.2. The van der Waals surface area contributed by atoms with Crippen molar-refractivity contribution in [1.82, 2.24) is 4.90 Å². The van der Waals surface area contributed by atoms with E-state index in [9.17, 15) is 14.7 Å². The number of carbonyl (C=O) groups is 2. The molecule has 5 heteroatoms. The maximum absolute atomic E-state index is 12.6. The molecule has 0 spiro atoms. The quantitative estimate of drug-likeness (QED) is 0.865. The normalized spacial score (nSPS) is 27.5. The second kappa shape index (κ2) is 6.93. The summed E-state index contributed by atoms with van der Waals surface area (Å²) in [7, 11) is 0. The van der Waals surface area contributed by atoms with E-state index in [1.165, 1.54) is 6.42 Å². The number of rotatable bonds is 5. The number of amides is 1. The number of likely N-dealkylation sites (tertiary alicyclic amines) is 1. The third-order valence-corrected chi connectivity index (χ3v) is 5.63. The van der Waals surface area contributed by atoms with Gasteiger partial charge in [-0.15, -0.1) is 0 Å². The Bertz CT molecular complexity index is 604. The van der Waals surface area contributed by atoms with E-state index >= 15 is 0 Å². The molecule has 1 aliphatic carbocycles. The van der Waals surface area contributed by atoms with Gasteiger partial charge in [0.15, 0.2) is 0 Å². The van der Waals surface area contributed by atoms with Crippen molar-refractivity contribution >= 4 is 11.9 Å². The first-order valence-corrected chi connectivity index (χ1v) is 8.81. The maximum Gasteiger partial charge on any atom is 0.307 e. The number of hydrogen-bond acceptors (Lipinski definition) is 3. The van der Waals surface area contributed by atoms with Gasteiger partial charge < -0.3 is 15.7 Å². The van der Waals surface area contributed by atoms with Crippen molar-refractivity contribution in [3.05, 3.63) is 35.9 Å². The summed E-state index contributed by atoms with van der Waals surface area (Å²) in [6, 6.07) is 9.48. The second-order valence-corrected chi connectivity index (χ2v) is 7.38. The molecule has 0 bridgehead atoms. The van der Waals surface area contributed by atoms with Gasteiger partial charge in [0.2, 0.25) is 5.91 Å². The van der Waals surface area contributed by atoms with E-state index in [1.807, 2.05) is 30.3 Å². The van der Waals surface area contributed by atoms with Crippen molar-refractivity contribution in [3.63, 3.8) is 0 Å². The Balaban J connectivity index is 1.63. The van der Waals surface area contributed by atoms with Crippen molar-refractivity contribution in [1.29, 1.82) is 0 Å². The zero-order valence-corrected chi connectivity index (χ0v) is 14.0. The number of carboxylic acids is 1. The molecule has 1 saturated carbocycles. The number of fused-ring (bicyclic) bond motifs is 1. The molecule has 1 heterocycles. The summed E-state index contributed by atoms with van der Waals surface area (Å²) in [6.07, 6.45) is 4.78. The fraction of sp³-hybridized carbons (Fsp3) is 0.579. The topological polar surface area (TPSA) is 83.6 Å². The predicted molar refractivity (Wildman–Crippen MR) is 91.3 cm³/mol. The highest BCUT2D eigenvalue weighted by molar-refractivity contribution is 5.83. The largest absolute Gasteiger partial charge is 0.481 e. The Morgan fingerprint density at radius 1 is 1.29 bits per heavy atom. The van der Waals surface area contributed by atoms with Gasteiger partial charge in [0.1, 0.15) is 0 Å². The lowest BCUT2D eigenvalue weighted by molar-refractivity contribution is -0.145. The van der Waals surface area contributed by atoms with E-state index in [4.69, 9.17) is 5.73 Å². The first-order chi connectivity index (χ1) is 11.5. The Morgan fingerprint density at radius 3 is 2.71 bits per heavy atom. The molecular weight excluding hydrogens is 304 g/mol. The van der Waals surface area contributed by atoms with Crippen LogP contribution in [0.2, 0.25) is 0 Å². The third-order valence-electron chi connectivity index (χ3n) is 5.63. The molecule has 1 amide bonds. The summed E-state index contributed by atoms with van der Waals surface area (Å²) < 4.78 is 0. The molecule has 2 aliphatic rings. The van der Waals surface area contributed by atoms with Crippen molar-refractivity contribution in [2.75, 3.05) is 13.1 Å². The van der Waals surface area contributed by atoms with Gasteiger partial charge in [-0.25, -0.2) is 0 Å². The molecule has 2 fully saturated rings. The van der Waals surface area contributed by atoms with Crippen LogP contribution in [0.1, 0.15) is 37.7 Å². The number of benzene rings is 1. The molecule has 3 atom stereocenters. The SMILES string of the molecule is N[C@]12CCCC[C@H]1CN(C(=O)C[C@H](Cc1ccccc1)C(=O)O)C2. The monoisotopic (exact) mass is 330 g/mol. The summed E-state index contributed by atoms with van der Waals surface area (Å²) in [5.41, 5.74) is 7.19. The van der Waals surface area contributed by atoms with E-state index < -0.39 is 11.9 Å². The Kier molecular flexibility index (Phi) is 4.90. The molecule has 1 saturated heterocycles. The minimum atomic E-state index is -0.911. The Hall–Kier alpha value is -1.88. The molecule has 1 aromatic rings. The molecule has 130 valence electrons. The lowest BCUT2D eigenvalue weighted by atomic mass is 9.76. The summed E-state index contributed by atoms with van der Waals surface area (Å²) in [6.45, 7) is 1.27. The molecule has 0 unspecified atom stereocenters. The number of aliphatic carboxylic acids is 1. The van der Waals surface area contributed by atoms with Crippen LogP contribution in [-0.4, -0.2) is 40.5 Å². The highest BCUT2D eigenvalue weighted by Gasteiger charge is 2.46. The summed E-state index contributed by atoms with van der Waals surface area (Å²) in [5.74, 6) is -1.30. The molecule has 24 heavy (non-hydrogen) atoms. The molecule has 1 aliphatic heterocycles. The van der Waals surface area contributed by atoms with E-state index in [0.717, 1.165) is 24.8 Å². The van der Waals surface area contributed by atoms with Crippen LogP contribution in [0.3, 0.4) is 0 Å².